The van der Waals surface area contributed by atoms with Crippen LogP contribution in [0, 0.1) is 5.92 Å². The molecule has 0 radical (unpaired) electrons. The fourth-order valence-electron chi connectivity index (χ4n) is 3.17. The highest BCUT2D eigenvalue weighted by molar-refractivity contribution is 7.99. The molecular weight excluding hydrogens is 272 g/mol. The number of amides is 1. The van der Waals surface area contributed by atoms with E-state index in [1.54, 1.807) is 6.26 Å². The Hall–Kier alpha value is -0.940. The van der Waals surface area contributed by atoms with E-state index in [2.05, 4.69) is 5.32 Å². The van der Waals surface area contributed by atoms with E-state index in [1.165, 1.54) is 29.9 Å². The fraction of sp³-hybridized carbons (Fsp3) is 0.667. The minimum Gasteiger partial charge on any atom is -0.467 e. The Morgan fingerprint density at radius 3 is 3.20 bits per heavy atom. The van der Waals surface area contributed by atoms with Crippen molar-refractivity contribution >= 4 is 17.7 Å². The Morgan fingerprint density at radius 1 is 1.55 bits per heavy atom. The first kappa shape index (κ1) is 14.0. The van der Waals surface area contributed by atoms with Crippen molar-refractivity contribution in [2.45, 2.75) is 25.3 Å². The second kappa shape index (κ2) is 6.22. The first-order valence-corrected chi connectivity index (χ1v) is 8.55. The number of carbonyl (C=O) groups excluding carboxylic acids is 1. The summed E-state index contributed by atoms with van der Waals surface area (Å²) in [4.78, 5) is 14.7. The average Bonchev–Trinajstić information content (AvgIpc) is 2.89. The van der Waals surface area contributed by atoms with E-state index in [0.29, 0.717) is 5.92 Å². The minimum atomic E-state index is -0.321. The van der Waals surface area contributed by atoms with E-state index < -0.39 is 0 Å². The third kappa shape index (κ3) is 2.74. The lowest BCUT2D eigenvalue weighted by molar-refractivity contribution is -0.134. The molecule has 110 valence electrons. The smallest absolute Gasteiger partial charge is 0.247 e. The van der Waals surface area contributed by atoms with Gasteiger partial charge < -0.3 is 14.6 Å². The Bertz CT molecular complexity index is 468. The van der Waals surface area contributed by atoms with Gasteiger partial charge in [0.25, 0.3) is 0 Å². The molecule has 3 rings (SSSR count). The highest BCUT2D eigenvalue weighted by Crippen LogP contribution is 2.28. The summed E-state index contributed by atoms with van der Waals surface area (Å²) in [6.07, 6.45) is 5.13. The number of hydrogen-bond acceptors (Lipinski definition) is 4. The van der Waals surface area contributed by atoms with E-state index in [-0.39, 0.29) is 11.9 Å². The maximum absolute atomic E-state index is 12.7. The van der Waals surface area contributed by atoms with Gasteiger partial charge in [-0.05, 0) is 55.4 Å². The number of nitrogens with zero attached hydrogens (tertiary/aromatic N) is 1. The summed E-state index contributed by atoms with van der Waals surface area (Å²) in [7, 11) is 1.83. The normalized spacial score (nSPS) is 27.2. The van der Waals surface area contributed by atoms with Crippen LogP contribution in [0.3, 0.4) is 0 Å². The Labute approximate surface area is 124 Å². The lowest BCUT2D eigenvalue weighted by Crippen LogP contribution is -2.42. The van der Waals surface area contributed by atoms with E-state index in [0.717, 1.165) is 25.3 Å². The molecule has 5 heteroatoms. The fourth-order valence-corrected chi connectivity index (χ4v) is 4.31. The standard InChI is InChI=1S/C15H22N2O2S/c1-16-13-14-12(5-7-19-14)4-6-17(15(13)18)9-11-3-2-8-20-10-11/h5,7,11,13,16H,2-4,6,8-10H2,1H3. The van der Waals surface area contributed by atoms with Crippen molar-refractivity contribution in [2.75, 3.05) is 31.6 Å². The molecule has 3 heterocycles. The molecule has 0 aliphatic carbocycles. The number of fused-ring (bicyclic) bond motifs is 1. The van der Waals surface area contributed by atoms with Gasteiger partial charge in [-0.3, -0.25) is 4.79 Å². The molecular formula is C15H22N2O2S. The number of nitrogens with one attached hydrogen (secondary N) is 1. The number of rotatable bonds is 3. The summed E-state index contributed by atoms with van der Waals surface area (Å²) >= 11 is 2.02. The van der Waals surface area contributed by atoms with Crippen molar-refractivity contribution in [3.05, 3.63) is 23.7 Å². The topological polar surface area (TPSA) is 45.5 Å². The Kier molecular flexibility index (Phi) is 4.36. The predicted octanol–water partition coefficient (Wildman–Crippen LogP) is 2.07. The zero-order chi connectivity index (χ0) is 13.9. The van der Waals surface area contributed by atoms with Crippen LogP contribution >= 0.6 is 11.8 Å². The molecule has 1 amide bonds. The predicted molar refractivity (Wildman–Crippen MR) is 80.8 cm³/mol. The van der Waals surface area contributed by atoms with Gasteiger partial charge in [0.1, 0.15) is 11.8 Å². The number of furan rings is 1. The van der Waals surface area contributed by atoms with Crippen LogP contribution in [0.1, 0.15) is 30.2 Å². The second-order valence-electron chi connectivity index (χ2n) is 5.65. The van der Waals surface area contributed by atoms with E-state index >= 15 is 0 Å². The quantitative estimate of drug-likeness (QED) is 0.927. The van der Waals surface area contributed by atoms with Crippen LogP contribution in [0.4, 0.5) is 0 Å². The molecule has 0 saturated carbocycles. The van der Waals surface area contributed by atoms with Crippen molar-refractivity contribution in [3.8, 4) is 0 Å². The summed E-state index contributed by atoms with van der Waals surface area (Å²) in [5.41, 5.74) is 1.17. The maximum atomic E-state index is 12.7. The zero-order valence-corrected chi connectivity index (χ0v) is 12.7. The first-order valence-electron chi connectivity index (χ1n) is 7.39. The van der Waals surface area contributed by atoms with Gasteiger partial charge >= 0.3 is 0 Å². The molecule has 0 aromatic carbocycles. The first-order chi connectivity index (χ1) is 9.79. The highest BCUT2D eigenvalue weighted by atomic mass is 32.2. The molecule has 2 unspecified atom stereocenters. The zero-order valence-electron chi connectivity index (χ0n) is 11.9. The van der Waals surface area contributed by atoms with E-state index in [1.807, 2.05) is 29.8 Å². The van der Waals surface area contributed by atoms with E-state index in [9.17, 15) is 4.79 Å². The molecule has 2 aliphatic heterocycles. The summed E-state index contributed by atoms with van der Waals surface area (Å²) in [6, 6.07) is 1.67. The van der Waals surface area contributed by atoms with Crippen LogP contribution < -0.4 is 5.32 Å². The van der Waals surface area contributed by atoms with Gasteiger partial charge in [0.15, 0.2) is 0 Å². The largest absolute Gasteiger partial charge is 0.467 e. The SMILES string of the molecule is CNC1C(=O)N(CC2CCCSC2)CCc2ccoc21. The molecule has 1 aromatic heterocycles. The number of hydrogen-bond donors (Lipinski definition) is 1. The van der Waals surface area contributed by atoms with Crippen LogP contribution in [0.15, 0.2) is 16.7 Å². The van der Waals surface area contributed by atoms with Crippen LogP contribution in [-0.4, -0.2) is 42.4 Å². The summed E-state index contributed by atoms with van der Waals surface area (Å²) in [5, 5.41) is 3.11. The van der Waals surface area contributed by atoms with Gasteiger partial charge in [-0.2, -0.15) is 11.8 Å². The molecule has 4 nitrogen and oxygen atoms in total. The molecule has 0 spiro atoms. The lowest BCUT2D eigenvalue weighted by Gasteiger charge is -2.30. The number of carbonyl (C=O) groups is 1. The Balaban J connectivity index is 1.73. The minimum absolute atomic E-state index is 0.164. The molecule has 0 bridgehead atoms. The third-order valence-corrected chi connectivity index (χ3v) is 5.56. The van der Waals surface area contributed by atoms with Gasteiger partial charge in [-0.25, -0.2) is 0 Å². The third-order valence-electron chi connectivity index (χ3n) is 4.27. The van der Waals surface area contributed by atoms with E-state index in [4.69, 9.17) is 4.42 Å². The average molecular weight is 294 g/mol. The van der Waals surface area contributed by atoms with Gasteiger partial charge in [0, 0.05) is 13.1 Å². The van der Waals surface area contributed by atoms with Crippen molar-refractivity contribution in [1.82, 2.24) is 10.2 Å². The van der Waals surface area contributed by atoms with Gasteiger partial charge in [0.2, 0.25) is 5.91 Å². The van der Waals surface area contributed by atoms with Crippen molar-refractivity contribution in [3.63, 3.8) is 0 Å². The monoisotopic (exact) mass is 294 g/mol. The van der Waals surface area contributed by atoms with Crippen LogP contribution in [0.5, 0.6) is 0 Å². The molecule has 2 aliphatic rings. The second-order valence-corrected chi connectivity index (χ2v) is 6.80. The number of thioether (sulfide) groups is 1. The lowest BCUT2D eigenvalue weighted by atomic mass is 10.0. The summed E-state index contributed by atoms with van der Waals surface area (Å²) < 4.78 is 5.53. The molecule has 1 N–H and O–H groups in total. The maximum Gasteiger partial charge on any atom is 0.247 e. The van der Waals surface area contributed by atoms with Crippen molar-refractivity contribution in [1.29, 1.82) is 0 Å². The van der Waals surface area contributed by atoms with Gasteiger partial charge in [0.05, 0.1) is 6.26 Å². The van der Waals surface area contributed by atoms with Crippen LogP contribution in [-0.2, 0) is 11.2 Å². The molecule has 1 fully saturated rings. The molecule has 1 saturated heterocycles. The van der Waals surface area contributed by atoms with Crippen molar-refractivity contribution < 1.29 is 9.21 Å². The number of likely N-dealkylation sites (N-methyl/N-ethyl adjacent to an activating group) is 1. The highest BCUT2D eigenvalue weighted by Gasteiger charge is 2.33. The van der Waals surface area contributed by atoms with Gasteiger partial charge in [-0.1, -0.05) is 0 Å². The molecule has 1 aromatic rings. The molecule has 2 atom stereocenters. The van der Waals surface area contributed by atoms with Crippen LogP contribution in [0.2, 0.25) is 0 Å². The molecule has 20 heavy (non-hydrogen) atoms. The van der Waals surface area contributed by atoms with Gasteiger partial charge in [-0.15, -0.1) is 0 Å². The summed E-state index contributed by atoms with van der Waals surface area (Å²) in [5.74, 6) is 4.09. The summed E-state index contributed by atoms with van der Waals surface area (Å²) in [6.45, 7) is 1.71. The van der Waals surface area contributed by atoms with Crippen LogP contribution in [0.25, 0.3) is 0 Å². The Morgan fingerprint density at radius 2 is 2.45 bits per heavy atom. The van der Waals surface area contributed by atoms with Crippen molar-refractivity contribution in [2.24, 2.45) is 5.92 Å².